The highest BCUT2D eigenvalue weighted by molar-refractivity contribution is 5.87. The van der Waals surface area contributed by atoms with E-state index in [1.54, 1.807) is 12.3 Å². The third-order valence-electron chi connectivity index (χ3n) is 5.65. The molecule has 1 aromatic carbocycles. The van der Waals surface area contributed by atoms with E-state index in [9.17, 15) is 18.3 Å². The Balaban J connectivity index is 1.85. The van der Waals surface area contributed by atoms with Crippen molar-refractivity contribution in [2.24, 2.45) is 0 Å². The number of benzene rings is 1. The third-order valence-corrected chi connectivity index (χ3v) is 5.65. The lowest BCUT2D eigenvalue weighted by Gasteiger charge is -2.27. The summed E-state index contributed by atoms with van der Waals surface area (Å²) in [7, 11) is 0. The maximum Gasteiger partial charge on any atom is 0.416 e. The summed E-state index contributed by atoms with van der Waals surface area (Å²) in [6.07, 6.45) is -1.03. The van der Waals surface area contributed by atoms with Crippen LogP contribution in [0.1, 0.15) is 50.6 Å². The number of nitrogens with zero attached hydrogens (tertiary/aromatic N) is 5. The van der Waals surface area contributed by atoms with E-state index in [1.807, 2.05) is 20.8 Å². The van der Waals surface area contributed by atoms with Crippen molar-refractivity contribution in [2.45, 2.75) is 57.8 Å². The highest BCUT2D eigenvalue weighted by Gasteiger charge is 2.34. The average molecular weight is 433 g/mol. The number of aliphatic hydroxyl groups excluding tert-OH is 1. The van der Waals surface area contributed by atoms with Crippen molar-refractivity contribution in [1.82, 2.24) is 19.7 Å². The molecule has 6 nitrogen and oxygen atoms in total. The predicted octanol–water partition coefficient (Wildman–Crippen LogP) is 4.15. The van der Waals surface area contributed by atoms with Gasteiger partial charge in [0, 0.05) is 12.0 Å². The maximum atomic E-state index is 13.5. The van der Waals surface area contributed by atoms with E-state index in [-0.39, 0.29) is 30.2 Å². The fraction of sp³-hybridized carbons (Fsp3) is 0.500. The molecule has 1 atom stereocenters. The zero-order valence-corrected chi connectivity index (χ0v) is 17.8. The summed E-state index contributed by atoms with van der Waals surface area (Å²) in [5.74, 6) is 1.27. The number of aromatic nitrogens is 4. The highest BCUT2D eigenvalue weighted by atomic mass is 19.4. The van der Waals surface area contributed by atoms with E-state index in [0.29, 0.717) is 22.7 Å². The van der Waals surface area contributed by atoms with Crippen molar-refractivity contribution in [3.8, 4) is 0 Å². The standard InChI is InChI=1S/C22H26F3N5O/c1-21(2,3)20-27-18(29-10-6-8-15(29)13-31)16-11-26-30(19(16)28-20)12-14-7-4-5-9-17(14)22(23,24)25/h4-5,7,9,11,15,31H,6,8,10,12-13H2,1-3H3/t15-/m1/s1. The molecule has 166 valence electrons. The number of halogens is 3. The number of hydrogen-bond donors (Lipinski definition) is 1. The van der Waals surface area contributed by atoms with Gasteiger partial charge in [-0.25, -0.2) is 14.6 Å². The summed E-state index contributed by atoms with van der Waals surface area (Å²) in [5, 5.41) is 14.8. The highest BCUT2D eigenvalue weighted by Crippen LogP contribution is 2.35. The van der Waals surface area contributed by atoms with Crippen LogP contribution in [0.5, 0.6) is 0 Å². The Morgan fingerprint density at radius 1 is 1.13 bits per heavy atom. The molecular weight excluding hydrogens is 407 g/mol. The molecule has 3 aromatic rings. The fourth-order valence-corrected chi connectivity index (χ4v) is 4.01. The predicted molar refractivity (Wildman–Crippen MR) is 112 cm³/mol. The second kappa shape index (κ2) is 7.78. The Bertz CT molecular complexity index is 1090. The molecule has 1 fully saturated rings. The number of aliphatic hydroxyl groups is 1. The van der Waals surface area contributed by atoms with Gasteiger partial charge in [-0.1, -0.05) is 39.0 Å². The Labute approximate surface area is 178 Å². The van der Waals surface area contributed by atoms with Crippen LogP contribution in [0.2, 0.25) is 0 Å². The van der Waals surface area contributed by atoms with Gasteiger partial charge in [-0.15, -0.1) is 0 Å². The summed E-state index contributed by atoms with van der Waals surface area (Å²) in [6, 6.07) is 5.48. The number of rotatable bonds is 4. The molecule has 4 rings (SSSR count). The van der Waals surface area contributed by atoms with Crippen LogP contribution in [0.25, 0.3) is 11.0 Å². The second-order valence-corrected chi connectivity index (χ2v) is 8.99. The quantitative estimate of drug-likeness (QED) is 0.670. The van der Waals surface area contributed by atoms with Crippen molar-refractivity contribution in [2.75, 3.05) is 18.1 Å². The molecule has 2 aromatic heterocycles. The van der Waals surface area contributed by atoms with E-state index in [0.717, 1.165) is 25.5 Å². The monoisotopic (exact) mass is 433 g/mol. The van der Waals surface area contributed by atoms with E-state index >= 15 is 0 Å². The van der Waals surface area contributed by atoms with Crippen molar-refractivity contribution in [1.29, 1.82) is 0 Å². The van der Waals surface area contributed by atoms with Crippen molar-refractivity contribution in [3.63, 3.8) is 0 Å². The van der Waals surface area contributed by atoms with Gasteiger partial charge in [0.2, 0.25) is 0 Å². The largest absolute Gasteiger partial charge is 0.416 e. The molecule has 0 radical (unpaired) electrons. The van der Waals surface area contributed by atoms with E-state index in [4.69, 9.17) is 9.97 Å². The van der Waals surface area contributed by atoms with Crippen LogP contribution in [0, 0.1) is 0 Å². The van der Waals surface area contributed by atoms with Crippen LogP contribution < -0.4 is 4.90 Å². The summed E-state index contributed by atoms with van der Waals surface area (Å²) >= 11 is 0. The first-order valence-corrected chi connectivity index (χ1v) is 10.4. The maximum absolute atomic E-state index is 13.5. The van der Waals surface area contributed by atoms with E-state index in [1.165, 1.54) is 16.8 Å². The van der Waals surface area contributed by atoms with Crippen LogP contribution >= 0.6 is 0 Å². The molecule has 1 N–H and O–H groups in total. The van der Waals surface area contributed by atoms with Gasteiger partial charge in [0.25, 0.3) is 0 Å². The minimum absolute atomic E-state index is 0.0173. The number of anilines is 1. The topological polar surface area (TPSA) is 67.1 Å². The Kier molecular flexibility index (Phi) is 5.41. The molecular formula is C22H26F3N5O. The summed E-state index contributed by atoms with van der Waals surface area (Å²) in [6.45, 7) is 6.69. The van der Waals surface area contributed by atoms with Gasteiger partial charge in [0.1, 0.15) is 11.6 Å². The van der Waals surface area contributed by atoms with Crippen LogP contribution in [0.3, 0.4) is 0 Å². The Morgan fingerprint density at radius 3 is 2.55 bits per heavy atom. The second-order valence-electron chi connectivity index (χ2n) is 8.99. The Hall–Kier alpha value is -2.68. The summed E-state index contributed by atoms with van der Waals surface area (Å²) < 4.78 is 41.9. The summed E-state index contributed by atoms with van der Waals surface area (Å²) in [4.78, 5) is 11.6. The number of hydrogen-bond acceptors (Lipinski definition) is 5. The minimum Gasteiger partial charge on any atom is -0.394 e. The van der Waals surface area contributed by atoms with E-state index < -0.39 is 11.7 Å². The lowest BCUT2D eigenvalue weighted by atomic mass is 9.95. The van der Waals surface area contributed by atoms with Gasteiger partial charge in [-0.3, -0.25) is 0 Å². The molecule has 0 spiro atoms. The molecule has 3 heterocycles. The van der Waals surface area contributed by atoms with Crippen molar-refractivity contribution < 1.29 is 18.3 Å². The van der Waals surface area contributed by atoms with E-state index in [2.05, 4.69) is 10.00 Å². The van der Waals surface area contributed by atoms with Gasteiger partial charge < -0.3 is 10.0 Å². The van der Waals surface area contributed by atoms with Crippen LogP contribution in [-0.2, 0) is 18.1 Å². The molecule has 0 aliphatic carbocycles. The fourth-order valence-electron chi connectivity index (χ4n) is 4.01. The zero-order valence-electron chi connectivity index (χ0n) is 17.8. The molecule has 0 bridgehead atoms. The van der Waals surface area contributed by atoms with Crippen molar-refractivity contribution in [3.05, 3.63) is 47.4 Å². The normalized spacial score (nSPS) is 17.6. The molecule has 1 aliphatic heterocycles. The van der Waals surface area contributed by atoms with Gasteiger partial charge in [-0.05, 0) is 24.5 Å². The van der Waals surface area contributed by atoms with Crippen LogP contribution in [0.4, 0.5) is 19.0 Å². The molecule has 0 saturated carbocycles. The van der Waals surface area contributed by atoms with Crippen LogP contribution in [-0.4, -0.2) is 44.0 Å². The van der Waals surface area contributed by atoms with Gasteiger partial charge >= 0.3 is 6.18 Å². The van der Waals surface area contributed by atoms with Gasteiger partial charge in [-0.2, -0.15) is 18.3 Å². The molecule has 0 unspecified atom stereocenters. The molecule has 9 heteroatoms. The van der Waals surface area contributed by atoms with Crippen LogP contribution in [0.15, 0.2) is 30.5 Å². The van der Waals surface area contributed by atoms with Gasteiger partial charge in [0.05, 0.1) is 36.3 Å². The molecule has 0 amide bonds. The lowest BCUT2D eigenvalue weighted by molar-refractivity contribution is -0.138. The first-order valence-electron chi connectivity index (χ1n) is 10.4. The molecule has 31 heavy (non-hydrogen) atoms. The smallest absolute Gasteiger partial charge is 0.394 e. The molecule has 1 aliphatic rings. The van der Waals surface area contributed by atoms with Gasteiger partial charge in [0.15, 0.2) is 5.65 Å². The average Bonchev–Trinajstić information content (AvgIpc) is 3.33. The first kappa shape index (κ1) is 21.5. The lowest BCUT2D eigenvalue weighted by Crippen LogP contribution is -2.33. The number of fused-ring (bicyclic) bond motifs is 1. The van der Waals surface area contributed by atoms with Crippen molar-refractivity contribution >= 4 is 16.9 Å². The SMILES string of the molecule is CC(C)(C)c1nc(N2CCC[C@@H]2CO)c2cnn(Cc3ccccc3C(F)(F)F)c2n1. The minimum atomic E-state index is -4.44. The first-order chi connectivity index (χ1) is 14.6. The third kappa shape index (κ3) is 4.11. The zero-order chi connectivity index (χ0) is 22.4. The summed E-state index contributed by atoms with van der Waals surface area (Å²) in [5.41, 5.74) is -0.415. The number of alkyl halides is 3. The molecule has 1 saturated heterocycles. The Morgan fingerprint density at radius 2 is 1.87 bits per heavy atom.